The molecule has 0 aliphatic carbocycles. The van der Waals surface area contributed by atoms with Crippen LogP contribution >= 0.6 is 0 Å². The van der Waals surface area contributed by atoms with Crippen LogP contribution in [-0.4, -0.2) is 48.8 Å². The van der Waals surface area contributed by atoms with Gasteiger partial charge in [-0.1, -0.05) is 26.2 Å². The Kier molecular flexibility index (Phi) is 7.76. The Morgan fingerprint density at radius 3 is 1.08 bits per heavy atom. The average molecular weight is 209 g/mol. The number of nitrogens with two attached hydrogens (primary N) is 1. The molecule has 0 heterocycles. The molecular weight excluding hydrogens is 186 g/mol. The van der Waals surface area contributed by atoms with E-state index in [9.17, 15) is 0 Å². The average Bonchev–Trinajstić information content (AvgIpc) is 2.00. The molecule has 0 rings (SSSR count). The van der Waals surface area contributed by atoms with Crippen molar-refractivity contribution in [1.82, 2.24) is 0 Å². The molecule has 0 fully saturated rings. The lowest BCUT2D eigenvalue weighted by atomic mass is 10.1. The zero-order valence-electron chi connectivity index (χ0n) is 9.04. The molecule has 0 aromatic rings. The van der Waals surface area contributed by atoms with Gasteiger partial charge in [0.25, 0.3) is 0 Å². The molecule has 0 spiro atoms. The number of aliphatic hydroxyl groups excluding tert-OH is 3. The van der Waals surface area contributed by atoms with Crippen molar-refractivity contribution in [3.8, 4) is 0 Å². The predicted octanol–water partition coefficient (Wildman–Crippen LogP) is -0.385. The first kappa shape index (κ1) is 15.5. The largest absolute Gasteiger partial charge is 0.394 e. The van der Waals surface area contributed by atoms with E-state index in [0.717, 1.165) is 0 Å². The van der Waals surface area contributed by atoms with Crippen LogP contribution in [0.2, 0.25) is 26.2 Å². The van der Waals surface area contributed by atoms with Crippen molar-refractivity contribution < 1.29 is 15.3 Å². The van der Waals surface area contributed by atoms with Crippen LogP contribution in [-0.2, 0) is 0 Å². The zero-order valence-corrected chi connectivity index (χ0v) is 10.0. The minimum Gasteiger partial charge on any atom is -0.394 e. The van der Waals surface area contributed by atoms with Crippen molar-refractivity contribution in [1.29, 1.82) is 0 Å². The van der Waals surface area contributed by atoms with Crippen LogP contribution in [0.15, 0.2) is 0 Å². The summed E-state index contributed by atoms with van der Waals surface area (Å²) in [5.74, 6) is 0. The van der Waals surface area contributed by atoms with E-state index in [0.29, 0.717) is 0 Å². The highest BCUT2D eigenvalue weighted by Gasteiger charge is 2.20. The van der Waals surface area contributed by atoms with Crippen molar-refractivity contribution in [3.05, 3.63) is 0 Å². The number of aliphatic hydroxyl groups is 3. The van der Waals surface area contributed by atoms with E-state index in [-0.39, 0.29) is 0 Å². The van der Waals surface area contributed by atoms with Gasteiger partial charge in [0.2, 0.25) is 0 Å². The van der Waals surface area contributed by atoms with E-state index in [1.54, 1.807) is 0 Å². The fourth-order valence-corrected chi connectivity index (χ4v) is 0.150. The zero-order chi connectivity index (χ0) is 11.1. The quantitative estimate of drug-likeness (QED) is 0.477. The molecule has 13 heavy (non-hydrogen) atoms. The minimum atomic E-state index is -1.21. The second-order valence-electron chi connectivity index (χ2n) is 4.84. The standard InChI is InChI=1S/C4H11NO3.C4H12Si/c5-4(1-6,2-7)3-8;1-5(2,3)4/h6-8H,1-3,5H2;1-4H3. The lowest BCUT2D eigenvalue weighted by Gasteiger charge is -2.20. The van der Waals surface area contributed by atoms with Crippen LogP contribution in [0.3, 0.4) is 0 Å². The van der Waals surface area contributed by atoms with Gasteiger partial charge in [0.05, 0.1) is 25.4 Å². The molecule has 0 aromatic carbocycles. The molecule has 0 saturated heterocycles. The van der Waals surface area contributed by atoms with Crippen molar-refractivity contribution in [2.75, 3.05) is 19.8 Å². The first-order valence-electron chi connectivity index (χ1n) is 4.30. The minimum absolute atomic E-state index is 0.403. The Morgan fingerprint density at radius 1 is 0.923 bits per heavy atom. The van der Waals surface area contributed by atoms with Gasteiger partial charge in [-0.05, 0) is 0 Å². The summed E-state index contributed by atoms with van der Waals surface area (Å²) < 4.78 is 0. The van der Waals surface area contributed by atoms with Gasteiger partial charge in [0.15, 0.2) is 0 Å². The molecule has 82 valence electrons. The van der Waals surface area contributed by atoms with Crippen molar-refractivity contribution in [3.63, 3.8) is 0 Å². The van der Waals surface area contributed by atoms with Crippen molar-refractivity contribution in [2.24, 2.45) is 5.73 Å². The first-order chi connectivity index (χ1) is 5.68. The van der Waals surface area contributed by atoms with Crippen molar-refractivity contribution >= 4 is 8.07 Å². The number of rotatable bonds is 3. The van der Waals surface area contributed by atoms with Gasteiger partial charge in [-0.25, -0.2) is 0 Å². The third-order valence-corrected chi connectivity index (χ3v) is 0.945. The van der Waals surface area contributed by atoms with Crippen molar-refractivity contribution in [2.45, 2.75) is 31.7 Å². The maximum absolute atomic E-state index is 8.34. The van der Waals surface area contributed by atoms with E-state index in [4.69, 9.17) is 21.1 Å². The Morgan fingerprint density at radius 2 is 1.08 bits per heavy atom. The van der Waals surface area contributed by atoms with Gasteiger partial charge in [-0.2, -0.15) is 0 Å². The van der Waals surface area contributed by atoms with Crippen LogP contribution < -0.4 is 5.73 Å². The second-order valence-corrected chi connectivity index (χ2v) is 10.8. The number of hydrogen-bond acceptors (Lipinski definition) is 4. The lowest BCUT2D eigenvalue weighted by Crippen LogP contribution is -2.50. The van der Waals surface area contributed by atoms with E-state index >= 15 is 0 Å². The summed E-state index contributed by atoms with van der Waals surface area (Å²) in [5.41, 5.74) is 3.94. The molecule has 0 aliphatic heterocycles. The lowest BCUT2D eigenvalue weighted by molar-refractivity contribution is 0.0698. The summed E-state index contributed by atoms with van der Waals surface area (Å²) in [6, 6.07) is 0. The van der Waals surface area contributed by atoms with Crippen LogP contribution in [0, 0.1) is 0 Å². The summed E-state index contributed by atoms with van der Waals surface area (Å²) in [7, 11) is -0.611. The van der Waals surface area contributed by atoms with Gasteiger partial charge in [-0.15, -0.1) is 0 Å². The summed E-state index contributed by atoms with van der Waals surface area (Å²) in [4.78, 5) is 0. The molecule has 0 aliphatic rings. The Bertz CT molecular complexity index is 107. The van der Waals surface area contributed by atoms with E-state index in [2.05, 4.69) is 26.2 Å². The molecule has 0 amide bonds. The van der Waals surface area contributed by atoms with Crippen LogP contribution in [0.4, 0.5) is 0 Å². The summed E-state index contributed by atoms with van der Waals surface area (Å²) in [6.45, 7) is 8.10. The van der Waals surface area contributed by atoms with E-state index in [1.807, 2.05) is 0 Å². The molecule has 4 nitrogen and oxygen atoms in total. The fraction of sp³-hybridized carbons (Fsp3) is 1.00. The molecule has 0 radical (unpaired) electrons. The highest BCUT2D eigenvalue weighted by atomic mass is 28.3. The SMILES string of the molecule is C[Si](C)(C)C.NC(CO)(CO)CO. The Labute approximate surface area is 81.4 Å². The molecule has 0 aromatic heterocycles. The maximum Gasteiger partial charge on any atom is 0.0856 e. The third-order valence-electron chi connectivity index (χ3n) is 0.945. The predicted molar refractivity (Wildman–Crippen MR) is 57.4 cm³/mol. The number of hydrogen-bond donors (Lipinski definition) is 4. The topological polar surface area (TPSA) is 86.7 Å². The first-order valence-corrected chi connectivity index (χ1v) is 8.30. The molecule has 0 atom stereocenters. The monoisotopic (exact) mass is 209 g/mol. The normalized spacial score (nSPS) is 12.0. The van der Waals surface area contributed by atoms with Crippen LogP contribution in [0.5, 0.6) is 0 Å². The fourth-order valence-electron chi connectivity index (χ4n) is 0.150. The molecule has 0 saturated carbocycles. The molecule has 0 unspecified atom stereocenters. The third kappa shape index (κ3) is 14.9. The van der Waals surface area contributed by atoms with Gasteiger partial charge < -0.3 is 21.1 Å². The highest BCUT2D eigenvalue weighted by molar-refractivity contribution is 6.74. The van der Waals surface area contributed by atoms with Gasteiger partial charge in [-0.3, -0.25) is 0 Å². The van der Waals surface area contributed by atoms with E-state index < -0.39 is 33.4 Å². The van der Waals surface area contributed by atoms with Gasteiger partial charge in [0.1, 0.15) is 0 Å². The molecule has 0 bridgehead atoms. The summed E-state index contributed by atoms with van der Waals surface area (Å²) >= 11 is 0. The Hall–Kier alpha value is 0.0569. The maximum atomic E-state index is 8.34. The second kappa shape index (κ2) is 6.50. The smallest absolute Gasteiger partial charge is 0.0856 e. The molecule has 5 heteroatoms. The Balaban J connectivity index is 0. The van der Waals surface area contributed by atoms with Gasteiger partial charge in [0, 0.05) is 8.07 Å². The van der Waals surface area contributed by atoms with Gasteiger partial charge >= 0.3 is 0 Å². The highest BCUT2D eigenvalue weighted by Crippen LogP contribution is 1.94. The van der Waals surface area contributed by atoms with Crippen LogP contribution in [0.25, 0.3) is 0 Å². The molecule has 5 N–H and O–H groups in total. The van der Waals surface area contributed by atoms with E-state index in [1.165, 1.54) is 0 Å². The summed E-state index contributed by atoms with van der Waals surface area (Å²) in [5, 5.41) is 25.0. The van der Waals surface area contributed by atoms with Crippen LogP contribution in [0.1, 0.15) is 0 Å². The molecular formula is C8H23NO3Si. The summed E-state index contributed by atoms with van der Waals surface area (Å²) in [6.07, 6.45) is 0.